The monoisotopic (exact) mass is 185 g/mol. The first kappa shape index (κ1) is 10.5. The molecule has 14 heavy (non-hydrogen) atoms. The third-order valence-electron chi connectivity index (χ3n) is 2.31. The van der Waals surface area contributed by atoms with Crippen molar-refractivity contribution in [1.82, 2.24) is 0 Å². The van der Waals surface area contributed by atoms with Crippen LogP contribution in [0.2, 0.25) is 0 Å². The summed E-state index contributed by atoms with van der Waals surface area (Å²) in [6, 6.07) is 10.4. The standard InChI is InChI=1S/C13H15N/c1-10(2)12-4-6-13(7-5-12)11(3)8-9-14/h4-8,10H,1-3H3/b11-8-. The first-order valence-corrected chi connectivity index (χ1v) is 4.82. The van der Waals surface area contributed by atoms with Crippen LogP contribution in [0.4, 0.5) is 0 Å². The molecule has 0 aromatic heterocycles. The molecule has 1 aromatic rings. The summed E-state index contributed by atoms with van der Waals surface area (Å²) in [6.07, 6.45) is 1.57. The van der Waals surface area contributed by atoms with Gasteiger partial charge in [0, 0.05) is 6.08 Å². The van der Waals surface area contributed by atoms with Gasteiger partial charge in [0.2, 0.25) is 0 Å². The van der Waals surface area contributed by atoms with Gasteiger partial charge in [-0.05, 0) is 29.5 Å². The minimum Gasteiger partial charge on any atom is -0.193 e. The molecule has 0 saturated carbocycles. The van der Waals surface area contributed by atoms with E-state index in [1.807, 2.05) is 13.0 Å². The lowest BCUT2D eigenvalue weighted by Crippen LogP contribution is -1.87. The highest BCUT2D eigenvalue weighted by atomic mass is 14.2. The molecule has 0 amide bonds. The van der Waals surface area contributed by atoms with Crippen molar-refractivity contribution in [3.05, 3.63) is 41.5 Å². The molecule has 0 radical (unpaired) electrons. The van der Waals surface area contributed by atoms with Crippen molar-refractivity contribution in [2.45, 2.75) is 26.7 Å². The van der Waals surface area contributed by atoms with Gasteiger partial charge in [0.1, 0.15) is 0 Å². The van der Waals surface area contributed by atoms with Crippen LogP contribution in [-0.4, -0.2) is 0 Å². The molecule has 0 saturated heterocycles. The summed E-state index contributed by atoms with van der Waals surface area (Å²) in [7, 11) is 0. The molecule has 0 heterocycles. The van der Waals surface area contributed by atoms with Gasteiger partial charge in [-0.25, -0.2) is 0 Å². The van der Waals surface area contributed by atoms with Crippen LogP contribution in [0.25, 0.3) is 5.57 Å². The van der Waals surface area contributed by atoms with Gasteiger partial charge in [-0.15, -0.1) is 0 Å². The van der Waals surface area contributed by atoms with Gasteiger partial charge >= 0.3 is 0 Å². The molecule has 1 aromatic carbocycles. The molecule has 0 bridgehead atoms. The van der Waals surface area contributed by atoms with E-state index in [2.05, 4.69) is 38.1 Å². The fraction of sp³-hybridized carbons (Fsp3) is 0.308. The summed E-state index contributed by atoms with van der Waals surface area (Å²) in [5, 5.41) is 8.51. The molecule has 0 unspecified atom stereocenters. The molecule has 0 aliphatic carbocycles. The second kappa shape index (κ2) is 4.62. The summed E-state index contributed by atoms with van der Waals surface area (Å²) in [4.78, 5) is 0. The molecule has 0 spiro atoms. The van der Waals surface area contributed by atoms with E-state index in [1.165, 1.54) is 5.56 Å². The normalized spacial score (nSPS) is 11.5. The van der Waals surface area contributed by atoms with Gasteiger partial charge in [-0.1, -0.05) is 38.1 Å². The zero-order valence-electron chi connectivity index (χ0n) is 8.91. The topological polar surface area (TPSA) is 23.8 Å². The molecule has 1 heteroatoms. The van der Waals surface area contributed by atoms with Crippen molar-refractivity contribution in [2.75, 3.05) is 0 Å². The average molecular weight is 185 g/mol. The quantitative estimate of drug-likeness (QED) is 0.644. The zero-order chi connectivity index (χ0) is 10.6. The van der Waals surface area contributed by atoms with Crippen molar-refractivity contribution >= 4 is 5.57 Å². The van der Waals surface area contributed by atoms with Crippen LogP contribution < -0.4 is 0 Å². The van der Waals surface area contributed by atoms with E-state index in [0.29, 0.717) is 5.92 Å². The van der Waals surface area contributed by atoms with Crippen LogP contribution in [0.5, 0.6) is 0 Å². The van der Waals surface area contributed by atoms with E-state index in [4.69, 9.17) is 5.26 Å². The lowest BCUT2D eigenvalue weighted by atomic mass is 9.99. The highest BCUT2D eigenvalue weighted by Gasteiger charge is 1.99. The minimum atomic E-state index is 0.560. The largest absolute Gasteiger partial charge is 0.193 e. The van der Waals surface area contributed by atoms with Crippen LogP contribution in [-0.2, 0) is 0 Å². The molecular weight excluding hydrogens is 170 g/mol. The Morgan fingerprint density at radius 3 is 2.29 bits per heavy atom. The Balaban J connectivity index is 2.95. The summed E-state index contributed by atoms with van der Waals surface area (Å²) in [6.45, 7) is 6.30. The van der Waals surface area contributed by atoms with Gasteiger partial charge < -0.3 is 0 Å². The first-order chi connectivity index (χ1) is 6.65. The molecule has 0 aliphatic heterocycles. The number of benzene rings is 1. The van der Waals surface area contributed by atoms with Crippen molar-refractivity contribution < 1.29 is 0 Å². The number of nitriles is 1. The third kappa shape index (κ3) is 2.47. The summed E-state index contributed by atoms with van der Waals surface area (Å²) >= 11 is 0. The van der Waals surface area contributed by atoms with Gasteiger partial charge in [0.05, 0.1) is 6.07 Å². The van der Waals surface area contributed by atoms with Crippen LogP contribution in [0.3, 0.4) is 0 Å². The van der Waals surface area contributed by atoms with Crippen molar-refractivity contribution in [2.24, 2.45) is 0 Å². The maximum absolute atomic E-state index is 8.51. The van der Waals surface area contributed by atoms with Crippen LogP contribution in [0.15, 0.2) is 30.3 Å². The van der Waals surface area contributed by atoms with E-state index in [-0.39, 0.29) is 0 Å². The summed E-state index contributed by atoms with van der Waals surface area (Å²) in [5.41, 5.74) is 3.47. The second-order valence-corrected chi connectivity index (χ2v) is 3.73. The van der Waals surface area contributed by atoms with E-state index >= 15 is 0 Å². The predicted octanol–water partition coefficient (Wildman–Crippen LogP) is 3.74. The molecule has 1 nitrogen and oxygen atoms in total. The predicted molar refractivity (Wildman–Crippen MR) is 59.8 cm³/mol. The lowest BCUT2D eigenvalue weighted by molar-refractivity contribution is 0.866. The van der Waals surface area contributed by atoms with E-state index in [1.54, 1.807) is 6.08 Å². The Kier molecular flexibility index (Phi) is 3.48. The highest BCUT2D eigenvalue weighted by Crippen LogP contribution is 2.18. The smallest absolute Gasteiger partial charge is 0.0915 e. The summed E-state index contributed by atoms with van der Waals surface area (Å²) in [5.74, 6) is 0.560. The first-order valence-electron chi connectivity index (χ1n) is 4.82. The molecule has 1 rings (SSSR count). The maximum Gasteiger partial charge on any atom is 0.0915 e. The molecular formula is C13H15N. The Hall–Kier alpha value is -1.55. The Morgan fingerprint density at radius 2 is 1.86 bits per heavy atom. The van der Waals surface area contributed by atoms with E-state index in [9.17, 15) is 0 Å². The number of rotatable bonds is 2. The number of allylic oxidation sites excluding steroid dienone is 2. The fourth-order valence-electron chi connectivity index (χ4n) is 1.31. The lowest BCUT2D eigenvalue weighted by Gasteiger charge is -2.06. The maximum atomic E-state index is 8.51. The summed E-state index contributed by atoms with van der Waals surface area (Å²) < 4.78 is 0. The van der Waals surface area contributed by atoms with Crippen LogP contribution >= 0.6 is 0 Å². The van der Waals surface area contributed by atoms with Gasteiger partial charge in [0.25, 0.3) is 0 Å². The van der Waals surface area contributed by atoms with Crippen molar-refractivity contribution in [1.29, 1.82) is 5.26 Å². The Labute approximate surface area is 85.7 Å². The van der Waals surface area contributed by atoms with Gasteiger partial charge in [-0.2, -0.15) is 5.26 Å². The minimum absolute atomic E-state index is 0.560. The van der Waals surface area contributed by atoms with Crippen molar-refractivity contribution in [3.63, 3.8) is 0 Å². The van der Waals surface area contributed by atoms with Gasteiger partial charge in [-0.3, -0.25) is 0 Å². The number of nitrogens with zero attached hydrogens (tertiary/aromatic N) is 1. The van der Waals surface area contributed by atoms with Crippen molar-refractivity contribution in [3.8, 4) is 6.07 Å². The average Bonchev–Trinajstić information content (AvgIpc) is 2.18. The third-order valence-corrected chi connectivity index (χ3v) is 2.31. The van der Waals surface area contributed by atoms with Crippen LogP contribution in [0.1, 0.15) is 37.8 Å². The molecule has 0 aliphatic rings. The molecule has 0 N–H and O–H groups in total. The molecule has 0 fully saturated rings. The number of hydrogen-bond acceptors (Lipinski definition) is 1. The molecule has 72 valence electrons. The number of hydrogen-bond donors (Lipinski definition) is 0. The SMILES string of the molecule is C/C(=C/C#N)c1ccc(C(C)C)cc1. The molecule has 0 atom stereocenters. The van der Waals surface area contributed by atoms with Crippen LogP contribution in [0, 0.1) is 11.3 Å². The Bertz CT molecular complexity index is 363. The van der Waals surface area contributed by atoms with Gasteiger partial charge in [0.15, 0.2) is 0 Å². The zero-order valence-corrected chi connectivity index (χ0v) is 8.91. The fourth-order valence-corrected chi connectivity index (χ4v) is 1.31. The Morgan fingerprint density at radius 1 is 1.29 bits per heavy atom. The highest BCUT2D eigenvalue weighted by molar-refractivity contribution is 5.65. The van der Waals surface area contributed by atoms with E-state index < -0.39 is 0 Å². The van der Waals surface area contributed by atoms with E-state index in [0.717, 1.165) is 11.1 Å². The second-order valence-electron chi connectivity index (χ2n) is 3.73.